The van der Waals surface area contributed by atoms with Crippen molar-refractivity contribution in [3.8, 4) is 28.4 Å². The predicted octanol–water partition coefficient (Wildman–Crippen LogP) is 5.30. The zero-order valence-corrected chi connectivity index (χ0v) is 20.1. The number of Topliss-reactive ketones (excluding diaryl/α,β-unsaturated/α-hetero) is 1. The van der Waals surface area contributed by atoms with Gasteiger partial charge in [-0.25, -0.2) is 9.50 Å². The lowest BCUT2D eigenvalue weighted by molar-refractivity contribution is 0.0962. The number of aromatic nitrogens is 3. The minimum Gasteiger partial charge on any atom is -0.493 e. The molecule has 1 unspecified atom stereocenters. The number of carbonyl (C=O) groups is 1. The smallest absolute Gasteiger partial charge is 0.203 e. The van der Waals surface area contributed by atoms with E-state index in [4.69, 9.17) is 30.9 Å². The lowest BCUT2D eigenvalue weighted by Crippen LogP contribution is -2.22. The number of ketones is 1. The van der Waals surface area contributed by atoms with Crippen LogP contribution in [0.2, 0.25) is 5.02 Å². The number of fused-ring (bicyclic) bond motifs is 3. The number of nitrogens with zero attached hydrogens (tertiary/aromatic N) is 3. The molecule has 2 heterocycles. The Bertz CT molecular complexity index is 1390. The third-order valence-electron chi connectivity index (χ3n) is 6.38. The van der Waals surface area contributed by atoms with Crippen LogP contribution in [0.1, 0.15) is 39.6 Å². The van der Waals surface area contributed by atoms with Crippen molar-refractivity contribution in [2.45, 2.75) is 25.7 Å². The van der Waals surface area contributed by atoms with Crippen molar-refractivity contribution < 1.29 is 19.0 Å². The van der Waals surface area contributed by atoms with Crippen LogP contribution in [0.25, 0.3) is 16.8 Å². The van der Waals surface area contributed by atoms with E-state index in [0.717, 1.165) is 33.7 Å². The first-order chi connectivity index (χ1) is 16.4. The molecule has 0 bridgehead atoms. The molecule has 0 aliphatic heterocycles. The molecule has 2 aromatic heterocycles. The lowest BCUT2D eigenvalue weighted by atomic mass is 9.82. The largest absolute Gasteiger partial charge is 0.493 e. The van der Waals surface area contributed by atoms with Gasteiger partial charge in [-0.15, -0.1) is 0 Å². The SMILES string of the molecule is COc1cc(C2CC(=O)c3cnc4c(-c5ccc(Cl)cc5)c(C)nn4c3C2)cc(OC)c1OC. The molecule has 1 atom stereocenters. The molecule has 1 aliphatic rings. The number of methoxy groups -OCH3 is 3. The summed E-state index contributed by atoms with van der Waals surface area (Å²) in [6.07, 6.45) is 2.67. The molecule has 5 rings (SSSR count). The fraction of sp³-hybridized carbons (Fsp3) is 0.269. The Morgan fingerprint density at radius 2 is 1.68 bits per heavy atom. The van der Waals surface area contributed by atoms with Crippen molar-refractivity contribution in [2.24, 2.45) is 0 Å². The van der Waals surface area contributed by atoms with E-state index in [1.165, 1.54) is 0 Å². The number of carbonyl (C=O) groups excluding carboxylic acids is 1. The van der Waals surface area contributed by atoms with Crippen molar-refractivity contribution in [1.82, 2.24) is 14.6 Å². The molecular formula is C26H24ClN3O4. The summed E-state index contributed by atoms with van der Waals surface area (Å²) in [6, 6.07) is 11.4. The minimum absolute atomic E-state index is 0.0376. The Balaban J connectivity index is 1.62. The van der Waals surface area contributed by atoms with Crippen LogP contribution < -0.4 is 14.2 Å². The summed E-state index contributed by atoms with van der Waals surface area (Å²) >= 11 is 6.08. The van der Waals surface area contributed by atoms with E-state index in [0.29, 0.717) is 40.7 Å². The van der Waals surface area contributed by atoms with Gasteiger partial charge >= 0.3 is 0 Å². The van der Waals surface area contributed by atoms with E-state index in [-0.39, 0.29) is 11.7 Å². The Hall–Kier alpha value is -3.58. The maximum atomic E-state index is 13.2. The van der Waals surface area contributed by atoms with E-state index in [1.807, 2.05) is 47.8 Å². The molecule has 174 valence electrons. The summed E-state index contributed by atoms with van der Waals surface area (Å²) in [5.74, 6) is 1.63. The quantitative estimate of drug-likeness (QED) is 0.388. The molecule has 8 heteroatoms. The number of halogens is 1. The van der Waals surface area contributed by atoms with E-state index in [9.17, 15) is 4.79 Å². The number of ether oxygens (including phenoxy) is 3. The Morgan fingerprint density at radius 3 is 2.29 bits per heavy atom. The molecule has 0 radical (unpaired) electrons. The average molecular weight is 478 g/mol. The van der Waals surface area contributed by atoms with Crippen molar-refractivity contribution in [3.63, 3.8) is 0 Å². The Labute approximate surface area is 202 Å². The Kier molecular flexibility index (Phi) is 5.65. The van der Waals surface area contributed by atoms with Crippen LogP contribution in [-0.4, -0.2) is 41.7 Å². The monoisotopic (exact) mass is 477 g/mol. The zero-order chi connectivity index (χ0) is 24.0. The van der Waals surface area contributed by atoms with E-state index < -0.39 is 0 Å². The van der Waals surface area contributed by atoms with E-state index >= 15 is 0 Å². The first-order valence-electron chi connectivity index (χ1n) is 10.9. The molecular weight excluding hydrogens is 454 g/mol. The van der Waals surface area contributed by atoms with Gasteiger partial charge in [0, 0.05) is 23.2 Å². The van der Waals surface area contributed by atoms with Gasteiger partial charge in [0.15, 0.2) is 22.9 Å². The maximum absolute atomic E-state index is 13.2. The number of aryl methyl sites for hydroxylation is 1. The van der Waals surface area contributed by atoms with E-state index in [1.54, 1.807) is 27.5 Å². The molecule has 0 amide bonds. The van der Waals surface area contributed by atoms with Gasteiger partial charge in [-0.1, -0.05) is 23.7 Å². The highest BCUT2D eigenvalue weighted by Crippen LogP contribution is 2.43. The van der Waals surface area contributed by atoms with Gasteiger partial charge in [-0.3, -0.25) is 4.79 Å². The van der Waals surface area contributed by atoms with Gasteiger partial charge in [0.1, 0.15) is 0 Å². The van der Waals surface area contributed by atoms with Crippen LogP contribution in [0.15, 0.2) is 42.6 Å². The first-order valence-corrected chi connectivity index (χ1v) is 11.3. The van der Waals surface area contributed by atoms with Crippen molar-refractivity contribution in [2.75, 3.05) is 21.3 Å². The first kappa shape index (κ1) is 22.2. The summed E-state index contributed by atoms with van der Waals surface area (Å²) < 4.78 is 18.3. The number of hydrogen-bond acceptors (Lipinski definition) is 6. The normalized spacial score (nSPS) is 15.3. The highest BCUT2D eigenvalue weighted by Gasteiger charge is 2.31. The van der Waals surface area contributed by atoms with Gasteiger partial charge in [0.2, 0.25) is 5.75 Å². The molecule has 0 N–H and O–H groups in total. The zero-order valence-electron chi connectivity index (χ0n) is 19.4. The van der Waals surface area contributed by atoms with Crippen LogP contribution in [0.5, 0.6) is 17.2 Å². The van der Waals surface area contributed by atoms with Gasteiger partial charge < -0.3 is 14.2 Å². The van der Waals surface area contributed by atoms with Gasteiger partial charge in [-0.2, -0.15) is 5.10 Å². The molecule has 34 heavy (non-hydrogen) atoms. The van der Waals surface area contributed by atoms with E-state index in [2.05, 4.69) is 4.98 Å². The third-order valence-corrected chi connectivity index (χ3v) is 6.63. The van der Waals surface area contributed by atoms with Crippen LogP contribution in [-0.2, 0) is 6.42 Å². The van der Waals surface area contributed by atoms with Crippen LogP contribution in [0, 0.1) is 6.92 Å². The van der Waals surface area contributed by atoms with Crippen molar-refractivity contribution in [3.05, 3.63) is 70.1 Å². The maximum Gasteiger partial charge on any atom is 0.203 e. The van der Waals surface area contributed by atoms with Gasteiger partial charge in [0.25, 0.3) is 0 Å². The topological polar surface area (TPSA) is 75.0 Å². The number of hydrogen-bond donors (Lipinski definition) is 0. The summed E-state index contributed by atoms with van der Waals surface area (Å²) in [5, 5.41) is 5.45. The summed E-state index contributed by atoms with van der Waals surface area (Å²) in [7, 11) is 4.74. The second kappa shape index (κ2) is 8.65. The van der Waals surface area contributed by atoms with Crippen LogP contribution in [0.4, 0.5) is 0 Å². The summed E-state index contributed by atoms with van der Waals surface area (Å²) in [4.78, 5) is 17.8. The second-order valence-electron chi connectivity index (χ2n) is 8.31. The fourth-order valence-electron chi connectivity index (χ4n) is 4.73. The Morgan fingerprint density at radius 1 is 1.00 bits per heavy atom. The van der Waals surface area contributed by atoms with Crippen molar-refractivity contribution in [1.29, 1.82) is 0 Å². The number of benzene rings is 2. The highest BCUT2D eigenvalue weighted by molar-refractivity contribution is 6.30. The average Bonchev–Trinajstić information content (AvgIpc) is 3.19. The molecule has 7 nitrogen and oxygen atoms in total. The molecule has 0 saturated carbocycles. The molecule has 0 spiro atoms. The fourth-order valence-corrected chi connectivity index (χ4v) is 4.86. The summed E-state index contributed by atoms with van der Waals surface area (Å²) in [5.41, 5.74) is 5.88. The minimum atomic E-state index is -0.0669. The number of rotatable bonds is 5. The predicted molar refractivity (Wildman–Crippen MR) is 130 cm³/mol. The summed E-state index contributed by atoms with van der Waals surface area (Å²) in [6.45, 7) is 1.95. The third kappa shape index (κ3) is 3.56. The molecule has 2 aromatic carbocycles. The molecule has 0 fully saturated rings. The van der Waals surface area contributed by atoms with Crippen LogP contribution >= 0.6 is 11.6 Å². The lowest BCUT2D eigenvalue weighted by Gasteiger charge is -2.25. The van der Waals surface area contributed by atoms with Gasteiger partial charge in [-0.05, 0) is 54.7 Å². The van der Waals surface area contributed by atoms with Crippen LogP contribution in [0.3, 0.4) is 0 Å². The highest BCUT2D eigenvalue weighted by atomic mass is 35.5. The molecule has 0 saturated heterocycles. The standard InChI is InChI=1S/C26H24ClN3O4/c1-14-24(15-5-7-18(27)8-6-15)26-28-13-19-20(30(26)29-14)9-16(10-21(19)31)17-11-22(32-2)25(34-4)23(12-17)33-3/h5-8,11-13,16H,9-10H2,1-4H3. The molecule has 1 aliphatic carbocycles. The second-order valence-corrected chi connectivity index (χ2v) is 8.74. The van der Waals surface area contributed by atoms with Crippen molar-refractivity contribution >= 4 is 23.0 Å². The van der Waals surface area contributed by atoms with Gasteiger partial charge in [0.05, 0.1) is 38.3 Å². The molecule has 4 aromatic rings.